The third-order valence-corrected chi connectivity index (χ3v) is 10.9. The summed E-state index contributed by atoms with van der Waals surface area (Å²) in [7, 11) is -36.4. The molecule has 0 bridgehead atoms. The van der Waals surface area contributed by atoms with Crippen LogP contribution in [-0.2, 0) is 32.0 Å². The van der Waals surface area contributed by atoms with Gasteiger partial charge in [-0.05, 0) is 0 Å². The molecule has 0 aromatic heterocycles. The van der Waals surface area contributed by atoms with Crippen LogP contribution in [0.25, 0.3) is 0 Å². The van der Waals surface area contributed by atoms with E-state index in [1.807, 2.05) is 0 Å². The molecule has 0 aliphatic heterocycles. The molecular weight excluding hydrogens is 1120 g/mol. The average Bonchev–Trinajstić information content (AvgIpc) is 2.75. The second-order valence-corrected chi connectivity index (χ2v) is 21.4. The fraction of sp³-hybridized carbons (Fsp3) is 1.00. The number of hydrogen-bond donors (Lipinski definition) is 6. The van der Waals surface area contributed by atoms with Crippen LogP contribution in [0.5, 0.6) is 0 Å². The van der Waals surface area contributed by atoms with E-state index in [0.29, 0.717) is 9.80 Å². The molecule has 0 saturated heterocycles. The van der Waals surface area contributed by atoms with E-state index < -0.39 is 150 Å². The second-order valence-electron chi connectivity index (χ2n) is 10.6. The van der Waals surface area contributed by atoms with Crippen LogP contribution < -0.4 is 450 Å². The van der Waals surface area contributed by atoms with Gasteiger partial charge < -0.3 is 86.8 Å². The van der Waals surface area contributed by atoms with Crippen LogP contribution in [0.4, 0.5) is 0 Å². The van der Waals surface area contributed by atoms with E-state index in [2.05, 4.69) is 0 Å². The van der Waals surface area contributed by atoms with Gasteiger partial charge >= 0.3 is 434 Å². The summed E-state index contributed by atoms with van der Waals surface area (Å²) in [6, 6.07) is 0. The zero-order chi connectivity index (χ0) is 38.0. The Bertz CT molecular complexity index is 1230. The van der Waals surface area contributed by atoms with Gasteiger partial charge in [-0.3, -0.25) is 38.2 Å². The van der Waals surface area contributed by atoms with Crippen LogP contribution >= 0.6 is 53.2 Å². The Kier molecular flexibility index (Phi) is 68.9. The van der Waals surface area contributed by atoms with E-state index in [9.17, 15) is 90.7 Å². The molecule has 6 N–H and O–H groups in total. The molecule has 0 heterocycles. The topological polar surface area (TPSA) is 442 Å². The first-order valence-corrected chi connectivity index (χ1v) is 25.2. The van der Waals surface area contributed by atoms with E-state index in [4.69, 9.17) is 9.79 Å². The minimum absolute atomic E-state index is 0. The van der Waals surface area contributed by atoms with Gasteiger partial charge in [-0.15, -0.1) is 0 Å². The molecule has 0 amide bonds. The summed E-state index contributed by atoms with van der Waals surface area (Å²) in [6.07, 6.45) is -8.93. The minimum atomic E-state index is -5.42. The van der Waals surface area contributed by atoms with Gasteiger partial charge in [0.05, 0.1) is 0 Å². The summed E-state index contributed by atoms with van der Waals surface area (Å²) >= 11 is 0. The van der Waals surface area contributed by atoms with Gasteiger partial charge in [0.2, 0.25) is 0 Å². The first kappa shape index (κ1) is 89.5. The average molecular weight is 1150 g/mol. The fourth-order valence-electron chi connectivity index (χ4n) is 4.02. The summed E-state index contributed by atoms with van der Waals surface area (Å²) in [4.78, 5) is 150. The summed E-state index contributed by atoms with van der Waals surface area (Å²) < 4.78 is 79.7. The third-order valence-electron chi connectivity index (χ3n) is 5.58. The van der Waals surface area contributed by atoms with Crippen molar-refractivity contribution in [2.24, 2.45) is 0 Å². The molecule has 0 spiro atoms. The van der Waals surface area contributed by atoms with Crippen LogP contribution in [0.1, 0.15) is 0 Å². The molecule has 0 aliphatic carbocycles. The van der Waals surface area contributed by atoms with Crippen molar-refractivity contribution >= 4 is 53.2 Å². The molecular formula is C15H36K8N5O21P7. The zero-order valence-electron chi connectivity index (χ0n) is 32.8. The Morgan fingerprint density at radius 2 is 0.393 bits per heavy atom. The SMILES string of the molecule is O=P([O-])([O-])CN(CCN(CCN(CP(=O)([O-])[O-])CP(=O)(O)O)CP(=O)([O-])[O-])CCN(CCN(CP(=O)(O)O)CP(=O)(O)O)CP(=O)([O-])[O-].[K+].[K+].[K+].[K+].[K+].[K+].[K+].[K+]. The molecule has 0 unspecified atom stereocenters. The van der Waals surface area contributed by atoms with Crippen molar-refractivity contribution < 1.29 is 512 Å². The van der Waals surface area contributed by atoms with Crippen LogP contribution in [0, 0.1) is 0 Å². The Morgan fingerprint density at radius 1 is 0.268 bits per heavy atom. The molecule has 0 rings (SSSR count). The molecule has 290 valence electrons. The van der Waals surface area contributed by atoms with Gasteiger partial charge in [0, 0.05) is 77.5 Å². The largest absolute Gasteiger partial charge is 1.00 e. The van der Waals surface area contributed by atoms with Gasteiger partial charge in [0.1, 0.15) is 18.9 Å². The molecule has 0 aromatic carbocycles. The standard InChI is InChI=1S/C15H44N5O21P7.8K/c21-42(22,23)9-16(1-3-17(10-43(24,25)26)5-7-19(12-45(30,31)32)13-46(33,34)35)2-4-18(11-44(27,28)29)6-8-20(14-47(36,37)38)15-48(39,40)41;;;;;;;;/h1-15H2,(H2,21,22,23)(H2,24,25,26)(H2,27,28,29)(H2,30,31,32)(H2,33,34,35)(H2,36,37,38)(H2,39,40,41);;;;;;;;/q;8*+1/p-8. The van der Waals surface area contributed by atoms with Gasteiger partial charge in [0.25, 0.3) is 0 Å². The third kappa shape index (κ3) is 64.1. The van der Waals surface area contributed by atoms with Gasteiger partial charge in [-0.25, -0.2) is 0 Å². The molecule has 41 heteroatoms. The van der Waals surface area contributed by atoms with Crippen molar-refractivity contribution in [2.75, 3.05) is 96.4 Å². The fourth-order valence-corrected chi connectivity index (χ4v) is 9.68. The monoisotopic (exact) mass is 1150 g/mol. The maximum atomic E-state index is 11.5. The maximum Gasteiger partial charge on any atom is 1.00 e. The van der Waals surface area contributed by atoms with Crippen molar-refractivity contribution in [1.29, 1.82) is 0 Å². The quantitative estimate of drug-likeness (QED) is 0.0346. The first-order chi connectivity index (χ1) is 21.1. The predicted molar refractivity (Wildman–Crippen MR) is 149 cm³/mol. The van der Waals surface area contributed by atoms with Crippen molar-refractivity contribution in [3.63, 3.8) is 0 Å². The molecule has 0 fully saturated rings. The van der Waals surface area contributed by atoms with E-state index in [0.717, 1.165) is 14.7 Å². The maximum absolute atomic E-state index is 11.5. The van der Waals surface area contributed by atoms with E-state index >= 15 is 0 Å². The Balaban J connectivity index is -0.000000394. The molecule has 26 nitrogen and oxygen atoms in total. The Labute approximate surface area is 665 Å². The van der Waals surface area contributed by atoms with Crippen LogP contribution in [0.15, 0.2) is 0 Å². The van der Waals surface area contributed by atoms with Crippen LogP contribution in [0.2, 0.25) is 0 Å². The zero-order valence-corrected chi connectivity index (χ0v) is 64.0. The molecule has 0 aromatic rings. The van der Waals surface area contributed by atoms with Crippen LogP contribution in [0.3, 0.4) is 0 Å². The first-order valence-electron chi connectivity index (χ1n) is 12.9. The van der Waals surface area contributed by atoms with Crippen molar-refractivity contribution in [3.05, 3.63) is 0 Å². The van der Waals surface area contributed by atoms with Gasteiger partial charge in [-0.1, -0.05) is 30.4 Å². The molecule has 56 heavy (non-hydrogen) atoms. The summed E-state index contributed by atoms with van der Waals surface area (Å²) in [5.74, 6) is 0. The second kappa shape index (κ2) is 43.1. The number of nitrogens with zero attached hydrogens (tertiary/aromatic N) is 5. The summed E-state index contributed by atoms with van der Waals surface area (Å²) in [5, 5.41) is 0. The summed E-state index contributed by atoms with van der Waals surface area (Å²) in [6.45, 7) is -4.99. The minimum Gasteiger partial charge on any atom is -0.810 e. The van der Waals surface area contributed by atoms with Gasteiger partial charge in [0.15, 0.2) is 0 Å². The summed E-state index contributed by atoms with van der Waals surface area (Å²) in [5.41, 5.74) is 0. The molecule has 0 atom stereocenters. The van der Waals surface area contributed by atoms with Crippen molar-refractivity contribution in [1.82, 2.24) is 24.5 Å². The Morgan fingerprint density at radius 3 is 0.536 bits per heavy atom. The normalized spacial score (nSPS) is 12.6. The van der Waals surface area contributed by atoms with Crippen molar-refractivity contribution in [2.45, 2.75) is 0 Å². The van der Waals surface area contributed by atoms with E-state index in [-0.39, 0.29) is 411 Å². The number of hydrogen-bond acceptors (Lipinski definition) is 20. The van der Waals surface area contributed by atoms with Crippen LogP contribution in [-0.4, -0.2) is 150 Å². The van der Waals surface area contributed by atoms with E-state index in [1.54, 1.807) is 0 Å². The Hall–Kier alpha value is 13.9. The number of rotatable bonds is 26. The predicted octanol–water partition coefficient (Wildman–Crippen LogP) is -32.6. The molecule has 0 aliphatic rings. The van der Waals surface area contributed by atoms with E-state index in [1.165, 1.54) is 0 Å². The molecule has 0 saturated carbocycles. The van der Waals surface area contributed by atoms with Gasteiger partial charge in [-0.2, -0.15) is 0 Å². The molecule has 0 radical (unpaired) electrons. The smallest absolute Gasteiger partial charge is 0.810 e. The van der Waals surface area contributed by atoms with Crippen molar-refractivity contribution in [3.8, 4) is 0 Å².